The SMILES string of the molecule is O=C(NC1(CN2CCC2)CC1)[C@@H]1C[C@@H]1c1ccccc1. The van der Waals surface area contributed by atoms with E-state index in [4.69, 9.17) is 0 Å². The lowest BCUT2D eigenvalue weighted by atomic mass is 10.1. The number of hydrogen-bond acceptors (Lipinski definition) is 2. The van der Waals surface area contributed by atoms with E-state index in [9.17, 15) is 4.79 Å². The molecule has 3 nitrogen and oxygen atoms in total. The first kappa shape index (κ1) is 12.4. The number of hydrogen-bond donors (Lipinski definition) is 1. The summed E-state index contributed by atoms with van der Waals surface area (Å²) >= 11 is 0. The lowest BCUT2D eigenvalue weighted by Gasteiger charge is -2.34. The molecular formula is C17H22N2O. The summed E-state index contributed by atoms with van der Waals surface area (Å²) in [5, 5.41) is 3.35. The Kier molecular flexibility index (Phi) is 2.84. The van der Waals surface area contributed by atoms with Crippen LogP contribution in [0.2, 0.25) is 0 Å². The Morgan fingerprint density at radius 2 is 2.00 bits per heavy atom. The maximum atomic E-state index is 12.4. The second-order valence-electron chi connectivity index (χ2n) is 6.76. The summed E-state index contributed by atoms with van der Waals surface area (Å²) in [5.41, 5.74) is 1.45. The Bertz CT molecular complexity index is 505. The van der Waals surface area contributed by atoms with E-state index < -0.39 is 0 Å². The van der Waals surface area contributed by atoms with Crippen LogP contribution in [0.25, 0.3) is 0 Å². The van der Waals surface area contributed by atoms with E-state index in [-0.39, 0.29) is 17.4 Å². The van der Waals surface area contributed by atoms with E-state index >= 15 is 0 Å². The van der Waals surface area contributed by atoms with Crippen molar-refractivity contribution in [2.24, 2.45) is 5.92 Å². The second kappa shape index (κ2) is 4.59. The van der Waals surface area contributed by atoms with Crippen LogP contribution in [-0.4, -0.2) is 36.0 Å². The molecule has 1 amide bonds. The fraction of sp³-hybridized carbons (Fsp3) is 0.588. The third-order valence-corrected chi connectivity index (χ3v) is 5.07. The summed E-state index contributed by atoms with van der Waals surface area (Å²) in [5.74, 6) is 0.958. The van der Waals surface area contributed by atoms with Gasteiger partial charge in [0.1, 0.15) is 0 Å². The highest BCUT2D eigenvalue weighted by Gasteiger charge is 2.50. The van der Waals surface area contributed by atoms with Gasteiger partial charge in [-0.2, -0.15) is 0 Å². The predicted octanol–water partition coefficient (Wildman–Crippen LogP) is 2.14. The zero-order chi connectivity index (χ0) is 13.6. The topological polar surface area (TPSA) is 32.3 Å². The van der Waals surface area contributed by atoms with Crippen molar-refractivity contribution in [2.75, 3.05) is 19.6 Å². The van der Waals surface area contributed by atoms with Crippen LogP contribution in [-0.2, 0) is 4.79 Å². The fourth-order valence-electron chi connectivity index (χ4n) is 3.35. The molecule has 3 fully saturated rings. The summed E-state index contributed by atoms with van der Waals surface area (Å²) in [4.78, 5) is 14.9. The van der Waals surface area contributed by atoms with Crippen molar-refractivity contribution in [3.8, 4) is 0 Å². The molecule has 3 heteroatoms. The zero-order valence-electron chi connectivity index (χ0n) is 11.8. The quantitative estimate of drug-likeness (QED) is 0.889. The normalized spacial score (nSPS) is 30.4. The van der Waals surface area contributed by atoms with Gasteiger partial charge >= 0.3 is 0 Å². The van der Waals surface area contributed by atoms with Gasteiger partial charge in [-0.25, -0.2) is 0 Å². The van der Waals surface area contributed by atoms with Gasteiger partial charge in [0.05, 0.1) is 5.54 Å². The van der Waals surface area contributed by atoms with Crippen molar-refractivity contribution >= 4 is 5.91 Å². The lowest BCUT2D eigenvalue weighted by Crippen LogP contribution is -2.50. The molecule has 2 atom stereocenters. The first-order chi connectivity index (χ1) is 9.76. The minimum atomic E-state index is 0.126. The van der Waals surface area contributed by atoms with E-state index in [1.54, 1.807) is 0 Å². The van der Waals surface area contributed by atoms with Crippen LogP contribution >= 0.6 is 0 Å². The third-order valence-electron chi connectivity index (χ3n) is 5.07. The zero-order valence-corrected chi connectivity index (χ0v) is 11.8. The van der Waals surface area contributed by atoms with Crippen LogP contribution < -0.4 is 5.32 Å². The molecule has 0 spiro atoms. The molecule has 20 heavy (non-hydrogen) atoms. The molecule has 0 radical (unpaired) electrons. The van der Waals surface area contributed by atoms with Crippen molar-refractivity contribution < 1.29 is 4.79 Å². The van der Waals surface area contributed by atoms with Gasteiger partial charge in [-0.05, 0) is 50.3 Å². The largest absolute Gasteiger partial charge is 0.349 e. The Hall–Kier alpha value is -1.35. The average molecular weight is 270 g/mol. The average Bonchev–Trinajstić information content (AvgIpc) is 3.31. The number of nitrogens with zero attached hydrogens (tertiary/aromatic N) is 1. The fourth-order valence-corrected chi connectivity index (χ4v) is 3.35. The van der Waals surface area contributed by atoms with E-state index in [1.807, 2.05) is 6.07 Å². The summed E-state index contributed by atoms with van der Waals surface area (Å²) in [7, 11) is 0. The predicted molar refractivity (Wildman–Crippen MR) is 78.5 cm³/mol. The van der Waals surface area contributed by atoms with Crippen LogP contribution in [0.5, 0.6) is 0 Å². The van der Waals surface area contributed by atoms with Gasteiger partial charge in [0.15, 0.2) is 0 Å². The maximum Gasteiger partial charge on any atom is 0.224 e. The number of rotatable bonds is 5. The Labute approximate surface area is 120 Å². The van der Waals surface area contributed by atoms with E-state index in [2.05, 4.69) is 34.5 Å². The summed E-state index contributed by atoms with van der Waals surface area (Å²) in [6.07, 6.45) is 4.67. The highest BCUT2D eigenvalue weighted by atomic mass is 16.2. The molecule has 1 heterocycles. The second-order valence-corrected chi connectivity index (χ2v) is 6.76. The monoisotopic (exact) mass is 270 g/mol. The molecule has 2 aliphatic carbocycles. The van der Waals surface area contributed by atoms with Crippen molar-refractivity contribution in [3.63, 3.8) is 0 Å². The number of nitrogens with one attached hydrogen (secondary N) is 1. The lowest BCUT2D eigenvalue weighted by molar-refractivity contribution is -0.123. The molecule has 1 aromatic rings. The molecule has 2 saturated carbocycles. The smallest absolute Gasteiger partial charge is 0.224 e. The first-order valence-corrected chi connectivity index (χ1v) is 7.85. The minimum Gasteiger partial charge on any atom is -0.349 e. The highest BCUT2D eigenvalue weighted by molar-refractivity contribution is 5.84. The van der Waals surface area contributed by atoms with Crippen LogP contribution in [0.3, 0.4) is 0 Å². The number of likely N-dealkylation sites (tertiary alicyclic amines) is 1. The summed E-state index contributed by atoms with van der Waals surface area (Å²) in [6.45, 7) is 3.50. The van der Waals surface area contributed by atoms with Crippen molar-refractivity contribution in [1.29, 1.82) is 0 Å². The number of amides is 1. The Balaban J connectivity index is 1.33. The molecule has 1 aromatic carbocycles. The molecule has 0 aromatic heterocycles. The first-order valence-electron chi connectivity index (χ1n) is 7.85. The molecule has 106 valence electrons. The standard InChI is InChI=1S/C17H22N2O/c20-16(15-11-14(15)13-5-2-1-3-6-13)18-17(7-8-17)12-19-9-4-10-19/h1-3,5-6,14-15H,4,7-12H2,(H,18,20)/t14-,15-/m1/s1. The van der Waals surface area contributed by atoms with Crippen molar-refractivity contribution in [2.45, 2.75) is 37.1 Å². The van der Waals surface area contributed by atoms with Crippen molar-refractivity contribution in [3.05, 3.63) is 35.9 Å². The van der Waals surface area contributed by atoms with E-state index in [1.165, 1.54) is 25.1 Å². The Morgan fingerprint density at radius 3 is 2.60 bits per heavy atom. The molecule has 0 unspecified atom stereocenters. The number of carbonyl (C=O) groups is 1. The molecule has 4 rings (SSSR count). The van der Waals surface area contributed by atoms with Crippen LogP contribution in [0.1, 0.15) is 37.2 Å². The molecule has 0 bridgehead atoms. The van der Waals surface area contributed by atoms with Gasteiger partial charge in [-0.15, -0.1) is 0 Å². The van der Waals surface area contributed by atoms with E-state index in [0.717, 1.165) is 25.8 Å². The van der Waals surface area contributed by atoms with Gasteiger partial charge in [0, 0.05) is 12.5 Å². The van der Waals surface area contributed by atoms with Crippen LogP contribution in [0, 0.1) is 5.92 Å². The van der Waals surface area contributed by atoms with Gasteiger partial charge in [0.2, 0.25) is 5.91 Å². The van der Waals surface area contributed by atoms with Gasteiger partial charge in [-0.3, -0.25) is 4.79 Å². The van der Waals surface area contributed by atoms with Crippen LogP contribution in [0.15, 0.2) is 30.3 Å². The highest BCUT2D eigenvalue weighted by Crippen LogP contribution is 2.48. The summed E-state index contributed by atoms with van der Waals surface area (Å²) in [6, 6.07) is 10.5. The number of carbonyl (C=O) groups excluding carboxylic acids is 1. The van der Waals surface area contributed by atoms with Gasteiger partial charge < -0.3 is 10.2 Å². The Morgan fingerprint density at radius 1 is 1.25 bits per heavy atom. The molecule has 1 aliphatic heterocycles. The summed E-state index contributed by atoms with van der Waals surface area (Å²) < 4.78 is 0. The molecule has 1 saturated heterocycles. The maximum absolute atomic E-state index is 12.4. The van der Waals surface area contributed by atoms with Gasteiger partial charge in [-0.1, -0.05) is 30.3 Å². The van der Waals surface area contributed by atoms with E-state index in [0.29, 0.717) is 5.92 Å². The molecular weight excluding hydrogens is 248 g/mol. The van der Waals surface area contributed by atoms with Crippen molar-refractivity contribution in [1.82, 2.24) is 10.2 Å². The van der Waals surface area contributed by atoms with Crippen LogP contribution in [0.4, 0.5) is 0 Å². The third kappa shape index (κ3) is 2.35. The molecule has 1 N–H and O–H groups in total. The minimum absolute atomic E-state index is 0.126. The number of benzene rings is 1. The molecule has 3 aliphatic rings. The van der Waals surface area contributed by atoms with Gasteiger partial charge in [0.25, 0.3) is 0 Å².